The predicted octanol–water partition coefficient (Wildman–Crippen LogP) is 6.97. The zero-order valence-electron chi connectivity index (χ0n) is 23.7. The largest absolute Gasteiger partial charge is 0.391 e. The number of anilines is 2. The summed E-state index contributed by atoms with van der Waals surface area (Å²) in [5.41, 5.74) is 8.81. The molecule has 3 heterocycles. The first-order valence-electron chi connectivity index (χ1n) is 13.5. The van der Waals surface area contributed by atoms with E-state index in [1.165, 1.54) is 11.1 Å². The van der Waals surface area contributed by atoms with E-state index < -0.39 is 30.1 Å². The van der Waals surface area contributed by atoms with E-state index in [2.05, 4.69) is 58.3 Å². The molecule has 1 aliphatic carbocycles. The minimum Gasteiger partial charge on any atom is -0.383 e. The Hall–Kier alpha value is -3.75. The molecular weight excluding hydrogens is 570 g/mol. The van der Waals surface area contributed by atoms with Gasteiger partial charge in [-0.05, 0) is 43.4 Å². The summed E-state index contributed by atoms with van der Waals surface area (Å²) in [7, 11) is 0. The van der Waals surface area contributed by atoms with E-state index in [4.69, 9.17) is 18.0 Å². The Bertz CT molecular complexity index is 1590. The van der Waals surface area contributed by atoms with E-state index in [1.54, 1.807) is 31.5 Å². The van der Waals surface area contributed by atoms with E-state index in [-0.39, 0.29) is 5.41 Å². The normalized spacial score (nSPS) is 17.0. The summed E-state index contributed by atoms with van der Waals surface area (Å²) in [6.07, 6.45) is 4.57. The highest BCUT2D eigenvalue weighted by molar-refractivity contribution is 6.35. The summed E-state index contributed by atoms with van der Waals surface area (Å²) >= 11 is 6.71. The summed E-state index contributed by atoms with van der Waals surface area (Å²) in [6, 6.07) is 5.77. The molecule has 1 fully saturated rings. The Morgan fingerprint density at radius 2 is 1.95 bits per heavy atom. The lowest BCUT2D eigenvalue weighted by atomic mass is 9.96. The first kappa shape index (κ1) is 29.7. The fraction of sp³-hybridized carbons (Fsp3) is 0.400. The molecule has 222 valence electrons. The number of aryl methyl sites for hydroxylation is 1. The number of benzene rings is 1. The highest BCUT2D eigenvalue weighted by Gasteiger charge is 2.55. The van der Waals surface area contributed by atoms with Crippen LogP contribution in [0.3, 0.4) is 0 Å². The third kappa shape index (κ3) is 6.35. The van der Waals surface area contributed by atoms with Crippen LogP contribution in [-0.4, -0.2) is 33.2 Å². The molecule has 0 radical (unpaired) electrons. The zero-order valence-corrected chi connectivity index (χ0v) is 24.4. The van der Waals surface area contributed by atoms with Crippen molar-refractivity contribution in [1.29, 1.82) is 0 Å². The summed E-state index contributed by atoms with van der Waals surface area (Å²) in [5, 5.41) is 9.44. The lowest BCUT2D eigenvalue weighted by Gasteiger charge is -2.27. The van der Waals surface area contributed by atoms with Gasteiger partial charge in [-0.3, -0.25) is 9.99 Å². The maximum Gasteiger partial charge on any atom is 0.391 e. The van der Waals surface area contributed by atoms with Crippen LogP contribution in [-0.2, 0) is 0 Å². The predicted molar refractivity (Wildman–Crippen MR) is 157 cm³/mol. The van der Waals surface area contributed by atoms with Crippen LogP contribution < -0.4 is 21.6 Å². The molecule has 2 aromatic heterocycles. The van der Waals surface area contributed by atoms with Gasteiger partial charge < -0.3 is 16.1 Å². The first-order chi connectivity index (χ1) is 19.7. The average Bonchev–Trinajstić information content (AvgIpc) is 3.47. The summed E-state index contributed by atoms with van der Waals surface area (Å²) in [4.78, 5) is 8.46. The van der Waals surface area contributed by atoms with Crippen molar-refractivity contribution in [3.63, 3.8) is 0 Å². The lowest BCUT2D eigenvalue weighted by molar-refractivity contribution is -0.150. The van der Waals surface area contributed by atoms with Crippen molar-refractivity contribution < 1.29 is 17.6 Å². The van der Waals surface area contributed by atoms with Crippen molar-refractivity contribution in [2.75, 3.05) is 17.2 Å². The van der Waals surface area contributed by atoms with E-state index in [0.717, 1.165) is 0 Å². The second kappa shape index (κ2) is 10.8. The molecule has 0 spiro atoms. The van der Waals surface area contributed by atoms with Gasteiger partial charge >= 0.3 is 6.18 Å². The zero-order chi connectivity index (χ0) is 30.4. The van der Waals surface area contributed by atoms with E-state index in [9.17, 15) is 17.6 Å². The average molecular weight is 602 g/mol. The van der Waals surface area contributed by atoms with Crippen molar-refractivity contribution in [3.05, 3.63) is 70.2 Å². The number of pyridine rings is 2. The van der Waals surface area contributed by atoms with Gasteiger partial charge in [0, 0.05) is 41.3 Å². The van der Waals surface area contributed by atoms with Gasteiger partial charge in [0.25, 0.3) is 0 Å². The highest BCUT2D eigenvalue weighted by atomic mass is 35.5. The number of hydrogen-bond acceptors (Lipinski definition) is 7. The third-order valence-electron chi connectivity index (χ3n) is 7.36. The molecule has 1 atom stereocenters. The van der Waals surface area contributed by atoms with Crippen LogP contribution in [0.2, 0.25) is 5.02 Å². The maximum atomic E-state index is 14.0. The number of halogens is 5. The molecule has 42 heavy (non-hydrogen) atoms. The van der Waals surface area contributed by atoms with Crippen LogP contribution in [0.1, 0.15) is 62.9 Å². The summed E-state index contributed by atoms with van der Waals surface area (Å²) in [6.45, 7) is 8.61. The van der Waals surface area contributed by atoms with Gasteiger partial charge in [0.1, 0.15) is 0 Å². The minimum absolute atomic E-state index is 0.0378. The molecule has 2 aliphatic rings. The van der Waals surface area contributed by atoms with Crippen LogP contribution in [0.25, 0.3) is 10.9 Å². The van der Waals surface area contributed by atoms with Gasteiger partial charge in [-0.1, -0.05) is 44.4 Å². The molecule has 1 aromatic carbocycles. The number of hydrogen-bond donors (Lipinski definition) is 4. The lowest BCUT2D eigenvalue weighted by Crippen LogP contribution is -2.46. The van der Waals surface area contributed by atoms with Gasteiger partial charge in [-0.2, -0.15) is 17.6 Å². The third-order valence-corrected chi connectivity index (χ3v) is 7.65. The topological polar surface area (TPSA) is 77.1 Å². The fourth-order valence-corrected chi connectivity index (χ4v) is 5.35. The second-order valence-electron chi connectivity index (χ2n) is 12.1. The number of nitrogens with zero attached hydrogens (tertiary/aromatic N) is 3. The molecule has 0 bridgehead atoms. The van der Waals surface area contributed by atoms with Crippen molar-refractivity contribution in [2.24, 2.45) is 5.41 Å². The summed E-state index contributed by atoms with van der Waals surface area (Å²) in [5.74, 6) is 2.05. The van der Waals surface area contributed by atoms with Gasteiger partial charge in [-0.25, -0.2) is 4.98 Å². The number of aromatic nitrogens is 2. The first-order valence-corrected chi connectivity index (χ1v) is 13.9. The van der Waals surface area contributed by atoms with Gasteiger partial charge in [0.2, 0.25) is 5.95 Å². The number of terminal acetylenes is 1. The van der Waals surface area contributed by atoms with Crippen molar-refractivity contribution >= 4 is 33.9 Å². The van der Waals surface area contributed by atoms with E-state index in [1.807, 2.05) is 6.07 Å². The standard InChI is InChI=1S/C30H32ClF4N7/c1-6-18-13-36-26-21(25(18)37-16-28(3,4)5)11-19(12-22(26)31)39-27(20-7-8-24(32)38-17(20)2)23-14-42(41-40-23)29(9-10-29)15-30(33,34)35/h1,7-8,11-14,27,39-41H,9-10,15-16H2,2-5H3,(H,36,37)/t27-/m0/s1. The minimum atomic E-state index is -4.31. The number of rotatable bonds is 8. The number of alkyl halides is 3. The molecule has 1 aliphatic heterocycles. The van der Waals surface area contributed by atoms with E-state index in [0.29, 0.717) is 69.2 Å². The van der Waals surface area contributed by atoms with Crippen LogP contribution >= 0.6 is 11.6 Å². The van der Waals surface area contributed by atoms with Crippen LogP contribution in [0.15, 0.2) is 42.4 Å². The molecule has 5 rings (SSSR count). The molecule has 12 heteroatoms. The highest BCUT2D eigenvalue weighted by Crippen LogP contribution is 2.49. The number of hydrazine groups is 2. The summed E-state index contributed by atoms with van der Waals surface area (Å²) < 4.78 is 54.0. The van der Waals surface area contributed by atoms with Crippen LogP contribution in [0.5, 0.6) is 0 Å². The molecular formula is C30H32ClF4N7. The van der Waals surface area contributed by atoms with Crippen molar-refractivity contribution in [1.82, 2.24) is 25.9 Å². The Kier molecular flexibility index (Phi) is 7.66. The monoisotopic (exact) mass is 601 g/mol. The fourth-order valence-electron chi connectivity index (χ4n) is 5.08. The quantitative estimate of drug-likeness (QED) is 0.126. The molecule has 1 saturated carbocycles. The van der Waals surface area contributed by atoms with E-state index >= 15 is 0 Å². The van der Waals surface area contributed by atoms with Gasteiger partial charge in [-0.15, -0.1) is 12.0 Å². The molecule has 0 saturated heterocycles. The number of fused-ring (bicyclic) bond motifs is 1. The SMILES string of the molecule is C#Cc1cnc2c(Cl)cc(N[C@H](C3=CN(C4(CC(F)(F)F)CC4)NN3)c3ccc(F)nc3C)cc2c1NCC(C)(C)C. The smallest absolute Gasteiger partial charge is 0.383 e. The second-order valence-corrected chi connectivity index (χ2v) is 12.5. The van der Waals surface area contributed by atoms with Gasteiger partial charge in [0.15, 0.2) is 0 Å². The van der Waals surface area contributed by atoms with Gasteiger partial charge in [0.05, 0.1) is 45.5 Å². The van der Waals surface area contributed by atoms with Crippen molar-refractivity contribution in [2.45, 2.75) is 64.7 Å². The number of nitrogens with one attached hydrogen (secondary N) is 4. The molecule has 0 unspecified atom stereocenters. The Morgan fingerprint density at radius 1 is 1.21 bits per heavy atom. The Balaban J connectivity index is 1.56. The molecule has 0 amide bonds. The van der Waals surface area contributed by atoms with Crippen LogP contribution in [0.4, 0.5) is 28.9 Å². The molecule has 4 N–H and O–H groups in total. The van der Waals surface area contributed by atoms with Crippen molar-refractivity contribution in [3.8, 4) is 12.3 Å². The molecule has 3 aromatic rings. The maximum absolute atomic E-state index is 14.0. The Labute approximate surface area is 247 Å². The molecule has 7 nitrogen and oxygen atoms in total. The Morgan fingerprint density at radius 3 is 2.57 bits per heavy atom. The van der Waals surface area contributed by atoms with Crippen LogP contribution in [0, 0.1) is 30.6 Å².